The minimum absolute atomic E-state index is 0.00898. The maximum atomic E-state index is 13.1. The number of ether oxygens (including phenoxy) is 1. The van der Waals surface area contributed by atoms with Crippen molar-refractivity contribution in [2.75, 3.05) is 0 Å². The van der Waals surface area contributed by atoms with E-state index in [1.54, 1.807) is 12.1 Å². The van der Waals surface area contributed by atoms with E-state index in [0.29, 0.717) is 29.2 Å². The zero-order valence-corrected chi connectivity index (χ0v) is 15.2. The standard InChI is InChI=1S/C22H17ClN2O2/c23-16-8-6-14(7-9-16)20-17(12-24)22(25)27-19-11-15(10-18(26)21(19)20)13-4-2-1-3-5-13/h1-9,15,20H,10-11,25H2/t15-,20+/m0/s1. The molecule has 1 heterocycles. The molecule has 5 heteroatoms. The number of nitrogens with two attached hydrogens (primary N) is 1. The Labute approximate surface area is 162 Å². The molecule has 2 aliphatic rings. The average Bonchev–Trinajstić information content (AvgIpc) is 2.68. The van der Waals surface area contributed by atoms with E-state index in [1.807, 2.05) is 42.5 Å². The van der Waals surface area contributed by atoms with Gasteiger partial charge in [-0.2, -0.15) is 5.26 Å². The minimum Gasteiger partial charge on any atom is -0.444 e. The summed E-state index contributed by atoms with van der Waals surface area (Å²) >= 11 is 6.00. The first-order valence-corrected chi connectivity index (χ1v) is 9.10. The van der Waals surface area contributed by atoms with Crippen LogP contribution in [0.2, 0.25) is 5.02 Å². The topological polar surface area (TPSA) is 76.1 Å². The highest BCUT2D eigenvalue weighted by Crippen LogP contribution is 2.46. The molecule has 0 bridgehead atoms. The van der Waals surface area contributed by atoms with Gasteiger partial charge in [-0.25, -0.2) is 0 Å². The van der Waals surface area contributed by atoms with Crippen molar-refractivity contribution in [3.8, 4) is 6.07 Å². The number of benzene rings is 2. The summed E-state index contributed by atoms with van der Waals surface area (Å²) in [6, 6.07) is 19.2. The molecule has 1 aliphatic carbocycles. The van der Waals surface area contributed by atoms with Gasteiger partial charge in [-0.3, -0.25) is 4.79 Å². The number of allylic oxidation sites excluding steroid dienone is 3. The smallest absolute Gasteiger partial charge is 0.205 e. The highest BCUT2D eigenvalue weighted by atomic mass is 35.5. The SMILES string of the molecule is N#CC1=C(N)OC2=C(C(=O)C[C@H](c3ccccc3)C2)[C@@H]1c1ccc(Cl)cc1. The maximum Gasteiger partial charge on any atom is 0.205 e. The molecule has 4 nitrogen and oxygen atoms in total. The number of carbonyl (C=O) groups is 1. The van der Waals surface area contributed by atoms with Crippen molar-refractivity contribution in [2.45, 2.75) is 24.7 Å². The number of rotatable bonds is 2. The summed E-state index contributed by atoms with van der Waals surface area (Å²) in [4.78, 5) is 13.1. The van der Waals surface area contributed by atoms with Crippen molar-refractivity contribution in [3.05, 3.63) is 93.5 Å². The predicted molar refractivity (Wildman–Crippen MR) is 103 cm³/mol. The fourth-order valence-electron chi connectivity index (χ4n) is 3.86. The predicted octanol–water partition coefficient (Wildman–Crippen LogP) is 4.55. The molecule has 2 aromatic rings. The Morgan fingerprint density at radius 3 is 2.41 bits per heavy atom. The molecule has 0 radical (unpaired) electrons. The molecule has 0 fully saturated rings. The number of hydrogen-bond acceptors (Lipinski definition) is 4. The van der Waals surface area contributed by atoms with E-state index in [1.165, 1.54) is 0 Å². The van der Waals surface area contributed by atoms with Gasteiger partial charge in [-0.15, -0.1) is 0 Å². The van der Waals surface area contributed by atoms with Crippen molar-refractivity contribution >= 4 is 17.4 Å². The van der Waals surface area contributed by atoms with Crippen LogP contribution in [0.15, 0.2) is 77.4 Å². The van der Waals surface area contributed by atoms with Gasteiger partial charge in [0.15, 0.2) is 5.78 Å². The van der Waals surface area contributed by atoms with Crippen LogP contribution in [-0.4, -0.2) is 5.78 Å². The Balaban J connectivity index is 1.79. The van der Waals surface area contributed by atoms with E-state index in [4.69, 9.17) is 22.1 Å². The number of nitrogens with zero attached hydrogens (tertiary/aromatic N) is 1. The molecule has 0 amide bonds. The van der Waals surface area contributed by atoms with Crippen LogP contribution in [0.3, 0.4) is 0 Å². The third-order valence-electron chi connectivity index (χ3n) is 5.14. The zero-order chi connectivity index (χ0) is 19.0. The molecule has 27 heavy (non-hydrogen) atoms. The van der Waals surface area contributed by atoms with Gasteiger partial charge >= 0.3 is 0 Å². The highest BCUT2D eigenvalue weighted by Gasteiger charge is 2.40. The first-order valence-electron chi connectivity index (χ1n) is 8.72. The molecule has 0 aromatic heterocycles. The van der Waals surface area contributed by atoms with Crippen LogP contribution in [0.1, 0.15) is 35.8 Å². The van der Waals surface area contributed by atoms with E-state index in [2.05, 4.69) is 6.07 Å². The zero-order valence-electron chi connectivity index (χ0n) is 14.5. The van der Waals surface area contributed by atoms with E-state index in [9.17, 15) is 10.1 Å². The second-order valence-corrected chi connectivity index (χ2v) is 7.19. The molecular weight excluding hydrogens is 360 g/mol. The molecule has 2 atom stereocenters. The highest BCUT2D eigenvalue weighted by molar-refractivity contribution is 6.30. The molecule has 0 saturated heterocycles. The number of halogens is 1. The number of nitriles is 1. The number of hydrogen-bond donors (Lipinski definition) is 1. The van der Waals surface area contributed by atoms with Crippen molar-refractivity contribution in [2.24, 2.45) is 5.73 Å². The van der Waals surface area contributed by atoms with Crippen LogP contribution in [-0.2, 0) is 9.53 Å². The first kappa shape index (κ1) is 17.4. The van der Waals surface area contributed by atoms with E-state index in [-0.39, 0.29) is 23.2 Å². The van der Waals surface area contributed by atoms with Gasteiger partial charge in [0.1, 0.15) is 17.4 Å². The van der Waals surface area contributed by atoms with Crippen LogP contribution in [0.4, 0.5) is 0 Å². The molecule has 0 unspecified atom stereocenters. The third-order valence-corrected chi connectivity index (χ3v) is 5.39. The van der Waals surface area contributed by atoms with Crippen LogP contribution >= 0.6 is 11.6 Å². The Morgan fingerprint density at radius 2 is 1.74 bits per heavy atom. The average molecular weight is 377 g/mol. The lowest BCUT2D eigenvalue weighted by Crippen LogP contribution is -2.29. The molecular formula is C22H17ClN2O2. The van der Waals surface area contributed by atoms with Gasteiger partial charge in [-0.1, -0.05) is 54.1 Å². The van der Waals surface area contributed by atoms with Gasteiger partial charge in [-0.05, 0) is 29.2 Å². The molecule has 2 N–H and O–H groups in total. The van der Waals surface area contributed by atoms with Crippen LogP contribution in [0, 0.1) is 11.3 Å². The van der Waals surface area contributed by atoms with Gasteiger partial charge in [0.2, 0.25) is 5.88 Å². The summed E-state index contributed by atoms with van der Waals surface area (Å²) in [5.74, 6) is 0.152. The van der Waals surface area contributed by atoms with Crippen LogP contribution < -0.4 is 5.73 Å². The Hall–Kier alpha value is -3.03. The lowest BCUT2D eigenvalue weighted by atomic mass is 9.73. The number of ketones is 1. The molecule has 4 rings (SSSR count). The Bertz CT molecular complexity index is 1000. The minimum atomic E-state index is -0.514. The van der Waals surface area contributed by atoms with E-state index < -0.39 is 5.92 Å². The van der Waals surface area contributed by atoms with E-state index >= 15 is 0 Å². The molecule has 0 spiro atoms. The summed E-state index contributed by atoms with van der Waals surface area (Å²) < 4.78 is 5.76. The summed E-state index contributed by atoms with van der Waals surface area (Å²) in [5, 5.41) is 10.2. The first-order chi connectivity index (χ1) is 13.1. The van der Waals surface area contributed by atoms with Crippen LogP contribution in [0.5, 0.6) is 0 Å². The maximum absolute atomic E-state index is 13.1. The summed E-state index contributed by atoms with van der Waals surface area (Å²) in [7, 11) is 0. The monoisotopic (exact) mass is 376 g/mol. The van der Waals surface area contributed by atoms with Gasteiger partial charge in [0.05, 0.1) is 5.92 Å². The van der Waals surface area contributed by atoms with Crippen molar-refractivity contribution in [1.82, 2.24) is 0 Å². The molecule has 0 saturated carbocycles. The molecule has 1 aliphatic heterocycles. The normalized spacial score (nSPS) is 22.1. The Kier molecular flexibility index (Phi) is 4.47. The number of Topliss-reactive ketones (excluding diaryl/α,β-unsaturated/α-hetero) is 1. The number of carbonyl (C=O) groups excluding carboxylic acids is 1. The molecule has 134 valence electrons. The summed E-state index contributed by atoms with van der Waals surface area (Å²) in [6.45, 7) is 0. The fraction of sp³-hybridized carbons (Fsp3) is 0.182. The van der Waals surface area contributed by atoms with Crippen molar-refractivity contribution in [1.29, 1.82) is 5.26 Å². The third kappa shape index (κ3) is 3.11. The van der Waals surface area contributed by atoms with Crippen molar-refractivity contribution in [3.63, 3.8) is 0 Å². The van der Waals surface area contributed by atoms with Crippen molar-refractivity contribution < 1.29 is 9.53 Å². The lowest BCUT2D eigenvalue weighted by Gasteiger charge is -2.34. The fourth-order valence-corrected chi connectivity index (χ4v) is 3.98. The van der Waals surface area contributed by atoms with Gasteiger partial charge in [0.25, 0.3) is 0 Å². The lowest BCUT2D eigenvalue weighted by molar-refractivity contribution is -0.117. The largest absolute Gasteiger partial charge is 0.444 e. The van der Waals surface area contributed by atoms with Crippen LogP contribution in [0.25, 0.3) is 0 Å². The second kappa shape index (κ2) is 6.94. The quantitative estimate of drug-likeness (QED) is 0.834. The van der Waals surface area contributed by atoms with Gasteiger partial charge in [0, 0.05) is 23.4 Å². The van der Waals surface area contributed by atoms with E-state index in [0.717, 1.165) is 11.1 Å². The Morgan fingerprint density at radius 1 is 1.04 bits per heavy atom. The molecule has 2 aromatic carbocycles. The summed E-state index contributed by atoms with van der Waals surface area (Å²) in [6.07, 6.45) is 0.962. The van der Waals surface area contributed by atoms with Gasteiger partial charge < -0.3 is 10.5 Å². The summed E-state index contributed by atoms with van der Waals surface area (Å²) in [5.41, 5.74) is 8.75. The second-order valence-electron chi connectivity index (χ2n) is 6.75.